The zero-order valence-electron chi connectivity index (χ0n) is 16.6. The van der Waals surface area contributed by atoms with Gasteiger partial charge in [0.15, 0.2) is 0 Å². The van der Waals surface area contributed by atoms with E-state index in [2.05, 4.69) is 19.7 Å². The third-order valence-corrected chi connectivity index (χ3v) is 5.87. The summed E-state index contributed by atoms with van der Waals surface area (Å²) in [5.41, 5.74) is 5.06. The fourth-order valence-corrected chi connectivity index (χ4v) is 4.34. The van der Waals surface area contributed by atoms with E-state index in [-0.39, 0.29) is 33.9 Å². The van der Waals surface area contributed by atoms with E-state index in [4.69, 9.17) is 5.73 Å². The number of fused-ring (bicyclic) bond motifs is 1. The number of aromatic nitrogens is 3. The molecule has 0 aliphatic carbocycles. The predicted molar refractivity (Wildman–Crippen MR) is 115 cm³/mol. The summed E-state index contributed by atoms with van der Waals surface area (Å²) in [4.78, 5) is 11.7. The number of sulfonamides is 1. The van der Waals surface area contributed by atoms with Gasteiger partial charge >= 0.3 is 0 Å². The highest BCUT2D eigenvalue weighted by Crippen LogP contribution is 2.31. The standard InChI is InChI=1S/C21H15F4N5O2S/c22-13-4-1-11(2-5-13)10-33(31,32)30-16-6-3-12(7-15(16)23)17-8-14(20(24)25)19-18(28-17)9-27-21(26)29-19/h1-9,20,30H,10H2,(H2,26,27,29). The molecule has 7 nitrogen and oxygen atoms in total. The van der Waals surface area contributed by atoms with Gasteiger partial charge in [0, 0.05) is 11.1 Å². The summed E-state index contributed by atoms with van der Waals surface area (Å²) in [6, 6.07) is 9.35. The van der Waals surface area contributed by atoms with Crippen molar-refractivity contribution in [3.05, 3.63) is 77.5 Å². The molecule has 2 heterocycles. The van der Waals surface area contributed by atoms with Crippen LogP contribution in [0.5, 0.6) is 0 Å². The number of nitrogens with two attached hydrogens (primary N) is 1. The number of rotatable bonds is 6. The fourth-order valence-electron chi connectivity index (χ4n) is 3.14. The molecule has 0 radical (unpaired) electrons. The van der Waals surface area contributed by atoms with Crippen LogP contribution in [0.1, 0.15) is 17.6 Å². The van der Waals surface area contributed by atoms with Crippen molar-refractivity contribution in [2.45, 2.75) is 12.2 Å². The maximum absolute atomic E-state index is 14.7. The predicted octanol–water partition coefficient (Wildman–Crippen LogP) is 4.43. The average Bonchev–Trinajstić information content (AvgIpc) is 2.75. The van der Waals surface area contributed by atoms with Crippen molar-refractivity contribution in [1.82, 2.24) is 15.0 Å². The molecule has 4 rings (SSSR count). The molecular formula is C21H15F4N5O2S. The molecule has 3 N–H and O–H groups in total. The SMILES string of the molecule is Nc1ncc2nc(-c3ccc(NS(=O)(=O)Cc4ccc(F)cc4)c(F)c3)cc(C(F)F)c2n1. The van der Waals surface area contributed by atoms with Crippen LogP contribution in [0, 0.1) is 11.6 Å². The van der Waals surface area contributed by atoms with Gasteiger partial charge in [-0.3, -0.25) is 4.72 Å². The van der Waals surface area contributed by atoms with E-state index in [9.17, 15) is 26.0 Å². The smallest absolute Gasteiger partial charge is 0.266 e. The van der Waals surface area contributed by atoms with Gasteiger partial charge in [0.2, 0.25) is 16.0 Å². The molecule has 0 aliphatic heterocycles. The Labute approximate surface area is 185 Å². The van der Waals surface area contributed by atoms with Crippen LogP contribution in [0.3, 0.4) is 0 Å². The molecule has 0 aliphatic rings. The quantitative estimate of drug-likeness (QED) is 0.398. The zero-order chi connectivity index (χ0) is 23.8. The lowest BCUT2D eigenvalue weighted by Crippen LogP contribution is -2.16. The highest BCUT2D eigenvalue weighted by Gasteiger charge is 2.19. The number of pyridine rings is 1. The molecule has 0 amide bonds. The Morgan fingerprint density at radius 2 is 1.73 bits per heavy atom. The van der Waals surface area contributed by atoms with Gasteiger partial charge in [-0.15, -0.1) is 0 Å². The lowest BCUT2D eigenvalue weighted by atomic mass is 10.1. The van der Waals surface area contributed by atoms with Gasteiger partial charge in [-0.05, 0) is 35.9 Å². The molecule has 4 aromatic rings. The van der Waals surface area contributed by atoms with Crippen LogP contribution in [-0.2, 0) is 15.8 Å². The summed E-state index contributed by atoms with van der Waals surface area (Å²) >= 11 is 0. The highest BCUT2D eigenvalue weighted by molar-refractivity contribution is 7.91. The van der Waals surface area contributed by atoms with Crippen molar-refractivity contribution >= 4 is 32.7 Å². The fraction of sp³-hybridized carbons (Fsp3) is 0.0952. The summed E-state index contributed by atoms with van der Waals surface area (Å²) in [5, 5.41) is 0. The van der Waals surface area contributed by atoms with E-state index >= 15 is 0 Å². The maximum Gasteiger partial charge on any atom is 0.266 e. The van der Waals surface area contributed by atoms with Crippen molar-refractivity contribution < 1.29 is 26.0 Å². The second-order valence-corrected chi connectivity index (χ2v) is 8.76. The molecule has 0 fully saturated rings. The zero-order valence-corrected chi connectivity index (χ0v) is 17.5. The minimum absolute atomic E-state index is 0.0193. The minimum atomic E-state index is -4.01. The number of nitrogens with zero attached hydrogens (tertiary/aromatic N) is 3. The molecule has 0 saturated heterocycles. The van der Waals surface area contributed by atoms with Crippen LogP contribution < -0.4 is 10.5 Å². The maximum atomic E-state index is 14.7. The van der Waals surface area contributed by atoms with E-state index in [0.717, 1.165) is 30.3 Å². The summed E-state index contributed by atoms with van der Waals surface area (Å²) in [6.45, 7) is 0. The number of hydrogen-bond donors (Lipinski definition) is 2. The highest BCUT2D eigenvalue weighted by atomic mass is 32.2. The third-order valence-electron chi connectivity index (χ3n) is 4.63. The Hall–Kier alpha value is -3.80. The first-order valence-electron chi connectivity index (χ1n) is 9.37. The van der Waals surface area contributed by atoms with Crippen LogP contribution in [0.4, 0.5) is 29.2 Å². The molecule has 0 atom stereocenters. The van der Waals surface area contributed by atoms with Crippen molar-refractivity contribution in [3.63, 3.8) is 0 Å². The first-order chi connectivity index (χ1) is 15.6. The van der Waals surface area contributed by atoms with Crippen molar-refractivity contribution in [1.29, 1.82) is 0 Å². The number of halogens is 4. The normalized spacial score (nSPS) is 11.8. The molecule has 33 heavy (non-hydrogen) atoms. The van der Waals surface area contributed by atoms with Crippen molar-refractivity contribution in [3.8, 4) is 11.3 Å². The summed E-state index contributed by atoms with van der Waals surface area (Å²) in [6.07, 6.45) is -1.72. The Morgan fingerprint density at radius 1 is 1.00 bits per heavy atom. The Morgan fingerprint density at radius 3 is 2.39 bits per heavy atom. The number of benzene rings is 2. The van der Waals surface area contributed by atoms with Gasteiger partial charge in [-0.1, -0.05) is 18.2 Å². The molecule has 2 aromatic heterocycles. The number of anilines is 2. The first-order valence-corrected chi connectivity index (χ1v) is 11.0. The van der Waals surface area contributed by atoms with E-state index in [0.29, 0.717) is 5.56 Å². The van der Waals surface area contributed by atoms with Crippen LogP contribution in [-0.4, -0.2) is 23.4 Å². The number of hydrogen-bond acceptors (Lipinski definition) is 6. The van der Waals surface area contributed by atoms with Crippen LogP contribution in [0.2, 0.25) is 0 Å². The molecule has 0 saturated carbocycles. The van der Waals surface area contributed by atoms with Crippen LogP contribution in [0.25, 0.3) is 22.3 Å². The number of alkyl halides is 2. The Bertz CT molecular complexity index is 1450. The molecule has 0 bridgehead atoms. The second kappa shape index (κ2) is 8.62. The first kappa shape index (κ1) is 22.4. The van der Waals surface area contributed by atoms with Crippen LogP contribution >= 0.6 is 0 Å². The van der Waals surface area contributed by atoms with E-state index in [1.165, 1.54) is 24.4 Å². The van der Waals surface area contributed by atoms with E-state index in [1.54, 1.807) is 0 Å². The van der Waals surface area contributed by atoms with Gasteiger partial charge in [0.05, 0.1) is 23.3 Å². The molecule has 0 spiro atoms. The Kier molecular flexibility index (Phi) is 5.85. The largest absolute Gasteiger partial charge is 0.368 e. The van der Waals surface area contributed by atoms with Gasteiger partial charge in [-0.25, -0.2) is 40.9 Å². The van der Waals surface area contributed by atoms with Gasteiger partial charge < -0.3 is 5.73 Å². The van der Waals surface area contributed by atoms with Crippen molar-refractivity contribution in [2.24, 2.45) is 0 Å². The number of nitrogens with one attached hydrogen (secondary N) is 1. The van der Waals surface area contributed by atoms with Crippen molar-refractivity contribution in [2.75, 3.05) is 10.5 Å². The molecule has 0 unspecified atom stereocenters. The molecular weight excluding hydrogens is 462 g/mol. The lowest BCUT2D eigenvalue weighted by molar-refractivity contribution is 0.153. The van der Waals surface area contributed by atoms with E-state index in [1.807, 2.05) is 0 Å². The summed E-state index contributed by atoms with van der Waals surface area (Å²) in [5.74, 6) is -2.15. The minimum Gasteiger partial charge on any atom is -0.368 e. The summed E-state index contributed by atoms with van der Waals surface area (Å²) in [7, 11) is -4.01. The van der Waals surface area contributed by atoms with Gasteiger partial charge in [0.25, 0.3) is 6.43 Å². The molecule has 12 heteroatoms. The van der Waals surface area contributed by atoms with Crippen LogP contribution in [0.15, 0.2) is 54.7 Å². The topological polar surface area (TPSA) is 111 Å². The Balaban J connectivity index is 1.64. The molecule has 170 valence electrons. The average molecular weight is 477 g/mol. The number of nitrogen functional groups attached to an aromatic ring is 1. The third kappa shape index (κ3) is 5.00. The van der Waals surface area contributed by atoms with Gasteiger partial charge in [0.1, 0.15) is 22.7 Å². The monoisotopic (exact) mass is 477 g/mol. The second-order valence-electron chi connectivity index (χ2n) is 7.04. The molecule has 2 aromatic carbocycles. The lowest BCUT2D eigenvalue weighted by Gasteiger charge is -2.12. The van der Waals surface area contributed by atoms with Gasteiger partial charge in [-0.2, -0.15) is 0 Å². The summed E-state index contributed by atoms with van der Waals surface area (Å²) < 4.78 is 81.6. The van der Waals surface area contributed by atoms with E-state index < -0.39 is 39.4 Å².